The third-order valence-corrected chi connectivity index (χ3v) is 3.15. The SMILES string of the molecule is C=C(NC/C(Cl)=C\C=C/CC)c1ccc(N)c(S)c1. The van der Waals surface area contributed by atoms with Gasteiger partial charge in [0.25, 0.3) is 0 Å². The Kier molecular flexibility index (Phi) is 6.60. The quantitative estimate of drug-likeness (QED) is 0.418. The zero-order chi connectivity index (χ0) is 14.3. The van der Waals surface area contributed by atoms with Crippen molar-refractivity contribution in [2.75, 3.05) is 12.3 Å². The van der Waals surface area contributed by atoms with Crippen LogP contribution in [0.2, 0.25) is 0 Å². The fourth-order valence-electron chi connectivity index (χ4n) is 1.39. The van der Waals surface area contributed by atoms with Gasteiger partial charge in [-0.3, -0.25) is 0 Å². The van der Waals surface area contributed by atoms with Crippen LogP contribution in [0, 0.1) is 0 Å². The predicted octanol–water partition coefficient (Wildman–Crippen LogP) is 4.21. The molecule has 19 heavy (non-hydrogen) atoms. The Morgan fingerprint density at radius 1 is 1.53 bits per heavy atom. The lowest BCUT2D eigenvalue weighted by Gasteiger charge is -2.10. The van der Waals surface area contributed by atoms with Crippen molar-refractivity contribution in [2.24, 2.45) is 0 Å². The molecule has 0 atom stereocenters. The van der Waals surface area contributed by atoms with Crippen LogP contribution in [0.3, 0.4) is 0 Å². The van der Waals surface area contributed by atoms with E-state index in [9.17, 15) is 0 Å². The summed E-state index contributed by atoms with van der Waals surface area (Å²) in [6.45, 7) is 6.59. The van der Waals surface area contributed by atoms with Crippen LogP contribution in [-0.4, -0.2) is 6.54 Å². The minimum Gasteiger partial charge on any atom is -0.398 e. The molecule has 0 unspecified atom stereocenters. The van der Waals surface area contributed by atoms with E-state index in [2.05, 4.69) is 31.4 Å². The number of nitrogens with one attached hydrogen (secondary N) is 1. The molecule has 0 fully saturated rings. The molecule has 0 saturated carbocycles. The van der Waals surface area contributed by atoms with Gasteiger partial charge in [-0.05, 0) is 30.2 Å². The lowest BCUT2D eigenvalue weighted by Crippen LogP contribution is -2.13. The minimum atomic E-state index is 0.542. The molecule has 0 spiro atoms. The maximum atomic E-state index is 6.08. The molecule has 0 aromatic heterocycles. The summed E-state index contributed by atoms with van der Waals surface area (Å²) >= 11 is 10.4. The van der Waals surface area contributed by atoms with E-state index in [4.69, 9.17) is 17.3 Å². The van der Waals surface area contributed by atoms with Crippen LogP contribution < -0.4 is 11.1 Å². The van der Waals surface area contributed by atoms with E-state index in [0.29, 0.717) is 12.2 Å². The second-order valence-corrected chi connectivity index (χ2v) is 5.02. The maximum Gasteiger partial charge on any atom is 0.0507 e. The summed E-state index contributed by atoms with van der Waals surface area (Å²) in [6.07, 6.45) is 6.86. The van der Waals surface area contributed by atoms with Gasteiger partial charge in [-0.2, -0.15) is 0 Å². The van der Waals surface area contributed by atoms with Gasteiger partial charge in [0.05, 0.1) is 6.54 Å². The molecule has 4 heteroatoms. The van der Waals surface area contributed by atoms with Crippen LogP contribution in [0.1, 0.15) is 18.9 Å². The smallest absolute Gasteiger partial charge is 0.0507 e. The van der Waals surface area contributed by atoms with Crippen molar-refractivity contribution in [3.05, 3.63) is 53.6 Å². The van der Waals surface area contributed by atoms with Gasteiger partial charge in [0.1, 0.15) is 0 Å². The molecular formula is C15H19ClN2S. The van der Waals surface area contributed by atoms with E-state index in [1.54, 1.807) is 0 Å². The van der Waals surface area contributed by atoms with Gasteiger partial charge >= 0.3 is 0 Å². The van der Waals surface area contributed by atoms with Gasteiger partial charge in [-0.25, -0.2) is 0 Å². The predicted molar refractivity (Wildman–Crippen MR) is 88.5 cm³/mol. The standard InChI is InChI=1S/C15H19ClN2S/c1-3-4-5-6-13(16)10-18-11(2)12-7-8-14(17)15(19)9-12/h4-9,18-19H,2-3,10,17H2,1H3/b5-4-,13-6+. The van der Waals surface area contributed by atoms with Crippen LogP contribution in [0.4, 0.5) is 5.69 Å². The third-order valence-electron chi connectivity index (χ3n) is 2.50. The summed E-state index contributed by atoms with van der Waals surface area (Å²) in [7, 11) is 0. The third kappa shape index (κ3) is 5.45. The lowest BCUT2D eigenvalue weighted by atomic mass is 10.1. The number of thiol groups is 1. The molecule has 1 aromatic rings. The minimum absolute atomic E-state index is 0.542. The first-order valence-electron chi connectivity index (χ1n) is 6.07. The Labute approximate surface area is 125 Å². The molecule has 1 aromatic carbocycles. The molecule has 2 nitrogen and oxygen atoms in total. The Morgan fingerprint density at radius 3 is 2.89 bits per heavy atom. The number of hydrogen-bond donors (Lipinski definition) is 3. The average Bonchev–Trinajstić information content (AvgIpc) is 2.39. The molecule has 0 radical (unpaired) electrons. The fourth-order valence-corrected chi connectivity index (χ4v) is 1.75. The number of nitrogens with two attached hydrogens (primary N) is 1. The molecule has 102 valence electrons. The zero-order valence-corrected chi connectivity index (χ0v) is 12.6. The van der Waals surface area contributed by atoms with Crippen LogP contribution in [0.25, 0.3) is 5.70 Å². The molecule has 0 aliphatic heterocycles. The molecule has 0 amide bonds. The van der Waals surface area contributed by atoms with Crippen molar-refractivity contribution in [3.63, 3.8) is 0 Å². The zero-order valence-electron chi connectivity index (χ0n) is 11.0. The molecule has 0 aliphatic carbocycles. The number of nitrogen functional groups attached to an aromatic ring is 1. The molecule has 0 bridgehead atoms. The highest BCUT2D eigenvalue weighted by molar-refractivity contribution is 7.80. The van der Waals surface area contributed by atoms with E-state index in [0.717, 1.165) is 27.6 Å². The largest absolute Gasteiger partial charge is 0.398 e. The van der Waals surface area contributed by atoms with Crippen molar-refractivity contribution < 1.29 is 0 Å². The first kappa shape index (κ1) is 15.7. The van der Waals surface area contributed by atoms with E-state index < -0.39 is 0 Å². The summed E-state index contributed by atoms with van der Waals surface area (Å²) in [4.78, 5) is 0.743. The Morgan fingerprint density at radius 2 is 2.26 bits per heavy atom. The summed E-state index contributed by atoms with van der Waals surface area (Å²) in [5.41, 5.74) is 8.11. The van der Waals surface area contributed by atoms with Gasteiger partial charge in [-0.15, -0.1) is 12.6 Å². The first-order valence-corrected chi connectivity index (χ1v) is 6.90. The van der Waals surface area contributed by atoms with E-state index in [-0.39, 0.29) is 0 Å². The van der Waals surface area contributed by atoms with E-state index in [1.165, 1.54) is 0 Å². The fraction of sp³-hybridized carbons (Fsp3) is 0.200. The highest BCUT2D eigenvalue weighted by atomic mass is 35.5. The summed E-state index contributed by atoms with van der Waals surface area (Å²) in [5.74, 6) is 0. The summed E-state index contributed by atoms with van der Waals surface area (Å²) in [6, 6.07) is 5.59. The van der Waals surface area contributed by atoms with Crippen molar-refractivity contribution in [1.82, 2.24) is 5.32 Å². The second kappa shape index (κ2) is 7.97. The van der Waals surface area contributed by atoms with Gasteiger partial charge in [0.15, 0.2) is 0 Å². The molecule has 0 heterocycles. The second-order valence-electron chi connectivity index (χ2n) is 4.06. The monoisotopic (exact) mass is 294 g/mol. The Bertz CT molecular complexity index is 507. The maximum absolute atomic E-state index is 6.08. The summed E-state index contributed by atoms with van der Waals surface area (Å²) in [5, 5.41) is 3.90. The number of halogens is 1. The van der Waals surface area contributed by atoms with Gasteiger partial charge < -0.3 is 11.1 Å². The average molecular weight is 295 g/mol. The molecule has 0 aliphatic rings. The molecular weight excluding hydrogens is 276 g/mol. The van der Waals surface area contributed by atoms with Gasteiger partial charge in [0, 0.05) is 21.3 Å². The van der Waals surface area contributed by atoms with Gasteiger partial charge in [-0.1, -0.05) is 43.3 Å². The Hall–Kier alpha value is -1.32. The van der Waals surface area contributed by atoms with Crippen LogP contribution >= 0.6 is 24.2 Å². The normalized spacial score (nSPS) is 11.8. The first-order chi connectivity index (χ1) is 9.04. The van der Waals surface area contributed by atoms with E-state index >= 15 is 0 Å². The highest BCUT2D eigenvalue weighted by Crippen LogP contribution is 2.21. The molecule has 0 saturated heterocycles. The van der Waals surface area contributed by atoms with Crippen LogP contribution in [-0.2, 0) is 0 Å². The van der Waals surface area contributed by atoms with Crippen molar-refractivity contribution in [3.8, 4) is 0 Å². The highest BCUT2D eigenvalue weighted by Gasteiger charge is 2.01. The van der Waals surface area contributed by atoms with E-state index in [1.807, 2.05) is 36.4 Å². The van der Waals surface area contributed by atoms with Crippen molar-refractivity contribution >= 4 is 35.6 Å². The number of hydrogen-bond acceptors (Lipinski definition) is 3. The molecule has 1 rings (SSSR count). The van der Waals surface area contributed by atoms with Crippen LogP contribution in [0.5, 0.6) is 0 Å². The number of anilines is 1. The topological polar surface area (TPSA) is 38.0 Å². The molecule has 3 N–H and O–H groups in total. The van der Waals surface area contributed by atoms with Crippen molar-refractivity contribution in [2.45, 2.75) is 18.2 Å². The number of rotatable bonds is 6. The van der Waals surface area contributed by atoms with Crippen LogP contribution in [0.15, 0.2) is 52.9 Å². The van der Waals surface area contributed by atoms with Crippen molar-refractivity contribution in [1.29, 1.82) is 0 Å². The van der Waals surface area contributed by atoms with Gasteiger partial charge in [0.2, 0.25) is 0 Å². The lowest BCUT2D eigenvalue weighted by molar-refractivity contribution is 0.997. The number of benzene rings is 1. The summed E-state index contributed by atoms with van der Waals surface area (Å²) < 4.78 is 0. The number of allylic oxidation sites excluding steroid dienone is 3. The Balaban J connectivity index is 2.58.